The van der Waals surface area contributed by atoms with Crippen molar-refractivity contribution in [3.8, 4) is 0 Å². The number of hydrogen-bond acceptors (Lipinski definition) is 3. The van der Waals surface area contributed by atoms with Gasteiger partial charge in [0, 0.05) is 6.42 Å². The zero-order valence-corrected chi connectivity index (χ0v) is 6.53. The summed E-state index contributed by atoms with van der Waals surface area (Å²) in [6.45, 7) is 2.77. The first-order valence-corrected chi connectivity index (χ1v) is 3.25. The van der Waals surface area contributed by atoms with Gasteiger partial charge in [0.25, 0.3) is 0 Å². The molecule has 4 nitrogen and oxygen atoms in total. The molecule has 11 heavy (non-hydrogen) atoms. The van der Waals surface area contributed by atoms with Crippen LogP contribution in [-0.2, 0) is 4.79 Å². The number of aliphatic carboxylic acids is 1. The molecule has 0 heterocycles. The summed E-state index contributed by atoms with van der Waals surface area (Å²) in [5.74, 6) is -1.43. The molecule has 1 atom stereocenters. The average Bonchev–Trinajstić information content (AvgIpc) is 1.84. The number of carboxylic acids is 1. The monoisotopic (exact) mass is 160 g/mol. The van der Waals surface area contributed by atoms with Gasteiger partial charge < -0.3 is 15.3 Å². The molecule has 4 heteroatoms. The Kier molecular flexibility index (Phi) is 3.60. The van der Waals surface area contributed by atoms with E-state index >= 15 is 0 Å². The summed E-state index contributed by atoms with van der Waals surface area (Å²) in [5, 5.41) is 26.1. The van der Waals surface area contributed by atoms with Crippen molar-refractivity contribution in [2.45, 2.75) is 26.4 Å². The molecule has 0 fully saturated rings. The van der Waals surface area contributed by atoms with Crippen LogP contribution < -0.4 is 0 Å². The van der Waals surface area contributed by atoms with Crippen LogP contribution in [0.25, 0.3) is 0 Å². The fourth-order valence-corrected chi connectivity index (χ4v) is 0.556. The minimum absolute atomic E-state index is 0.0157. The lowest BCUT2D eigenvalue weighted by Crippen LogP contribution is -2.06. The van der Waals surface area contributed by atoms with Crippen molar-refractivity contribution in [1.82, 2.24) is 0 Å². The first-order valence-electron chi connectivity index (χ1n) is 3.25. The molecule has 0 radical (unpaired) electrons. The van der Waals surface area contributed by atoms with Gasteiger partial charge in [0.1, 0.15) is 5.76 Å². The maximum atomic E-state index is 10.2. The highest BCUT2D eigenvalue weighted by Gasteiger charge is 2.09. The van der Waals surface area contributed by atoms with Crippen LogP contribution >= 0.6 is 0 Å². The highest BCUT2D eigenvalue weighted by atomic mass is 16.4. The van der Waals surface area contributed by atoms with Gasteiger partial charge in [0.05, 0.1) is 11.7 Å². The first-order chi connectivity index (χ1) is 4.95. The molecule has 0 aromatic carbocycles. The van der Waals surface area contributed by atoms with Gasteiger partial charge in [0.2, 0.25) is 0 Å². The number of carboxylic acid groups (broad SMARTS) is 1. The molecule has 0 aromatic rings. The summed E-state index contributed by atoms with van der Waals surface area (Å²) < 4.78 is 0. The number of carbonyl (C=O) groups is 1. The Hall–Kier alpha value is -1.03. The van der Waals surface area contributed by atoms with Gasteiger partial charge in [-0.25, -0.2) is 4.79 Å². The fourth-order valence-electron chi connectivity index (χ4n) is 0.556. The van der Waals surface area contributed by atoms with Crippen LogP contribution in [0, 0.1) is 0 Å². The van der Waals surface area contributed by atoms with E-state index in [2.05, 4.69) is 0 Å². The number of aliphatic hydroxyl groups excluding tert-OH is 2. The van der Waals surface area contributed by atoms with Crippen LogP contribution in [0.5, 0.6) is 0 Å². The first kappa shape index (κ1) is 9.97. The van der Waals surface area contributed by atoms with Crippen LogP contribution in [0.15, 0.2) is 11.3 Å². The van der Waals surface area contributed by atoms with Crippen LogP contribution in [0.4, 0.5) is 0 Å². The van der Waals surface area contributed by atoms with Gasteiger partial charge in [-0.2, -0.15) is 0 Å². The maximum Gasteiger partial charge on any atom is 0.334 e. The van der Waals surface area contributed by atoms with E-state index in [1.807, 2.05) is 0 Å². The number of rotatable bonds is 3. The number of aliphatic hydroxyl groups is 2. The Morgan fingerprint density at radius 1 is 1.45 bits per heavy atom. The van der Waals surface area contributed by atoms with Crippen LogP contribution in [0.3, 0.4) is 0 Å². The van der Waals surface area contributed by atoms with Gasteiger partial charge in [-0.15, -0.1) is 0 Å². The van der Waals surface area contributed by atoms with Crippen molar-refractivity contribution < 1.29 is 20.1 Å². The van der Waals surface area contributed by atoms with Gasteiger partial charge in [0.15, 0.2) is 0 Å². The summed E-state index contributed by atoms with van der Waals surface area (Å²) in [5.41, 5.74) is -0.120. The zero-order chi connectivity index (χ0) is 9.02. The van der Waals surface area contributed by atoms with Crippen LogP contribution in [0.2, 0.25) is 0 Å². The molecule has 0 aliphatic rings. The second kappa shape index (κ2) is 3.98. The maximum absolute atomic E-state index is 10.2. The molecule has 0 spiro atoms. The molecule has 1 unspecified atom stereocenters. The molecule has 0 saturated carbocycles. The van der Waals surface area contributed by atoms with E-state index in [9.17, 15) is 4.79 Å². The van der Waals surface area contributed by atoms with Gasteiger partial charge in [-0.05, 0) is 13.8 Å². The fraction of sp³-hybridized carbons (Fsp3) is 0.571. The molecule has 0 rings (SSSR count). The third-order valence-electron chi connectivity index (χ3n) is 1.24. The topological polar surface area (TPSA) is 77.8 Å². The molecule has 64 valence electrons. The lowest BCUT2D eigenvalue weighted by molar-refractivity contribution is -0.132. The summed E-state index contributed by atoms with van der Waals surface area (Å²) in [6.07, 6.45) is -0.734. The molecular formula is C7H12O4. The van der Waals surface area contributed by atoms with Gasteiger partial charge in [-0.3, -0.25) is 0 Å². The Bertz CT molecular complexity index is 181. The molecule has 0 saturated heterocycles. The van der Waals surface area contributed by atoms with Crippen molar-refractivity contribution in [2.24, 2.45) is 0 Å². The van der Waals surface area contributed by atoms with Crippen LogP contribution in [-0.4, -0.2) is 27.4 Å². The summed E-state index contributed by atoms with van der Waals surface area (Å²) in [7, 11) is 0. The molecule has 0 aromatic heterocycles. The molecule has 0 bridgehead atoms. The quantitative estimate of drug-likeness (QED) is 0.419. The van der Waals surface area contributed by atoms with Crippen molar-refractivity contribution in [1.29, 1.82) is 0 Å². The van der Waals surface area contributed by atoms with Crippen molar-refractivity contribution in [3.63, 3.8) is 0 Å². The van der Waals surface area contributed by atoms with E-state index in [1.165, 1.54) is 13.8 Å². The molecule has 0 aliphatic carbocycles. The third kappa shape index (κ3) is 3.62. The summed E-state index contributed by atoms with van der Waals surface area (Å²) in [4.78, 5) is 10.2. The van der Waals surface area contributed by atoms with Crippen molar-refractivity contribution in [2.75, 3.05) is 0 Å². The lowest BCUT2D eigenvalue weighted by atomic mass is 10.1. The minimum atomic E-state index is -1.16. The zero-order valence-electron chi connectivity index (χ0n) is 6.53. The average molecular weight is 160 g/mol. The highest BCUT2D eigenvalue weighted by Crippen LogP contribution is 2.07. The van der Waals surface area contributed by atoms with E-state index in [0.717, 1.165) is 0 Å². The normalized spacial score (nSPS) is 15.5. The van der Waals surface area contributed by atoms with E-state index in [1.54, 1.807) is 0 Å². The molecular weight excluding hydrogens is 148 g/mol. The Balaban J connectivity index is 4.28. The number of hydrogen-bond donors (Lipinski definition) is 3. The summed E-state index contributed by atoms with van der Waals surface area (Å²) >= 11 is 0. The Morgan fingerprint density at radius 2 is 1.91 bits per heavy atom. The van der Waals surface area contributed by atoms with E-state index in [4.69, 9.17) is 15.3 Å². The van der Waals surface area contributed by atoms with E-state index in [-0.39, 0.29) is 17.8 Å². The largest absolute Gasteiger partial charge is 0.512 e. The standard InChI is InChI=1S/C7H12O4/c1-4(8)3-6(9)5(2)7(10)11/h4,8-9H,3H2,1-2H3,(H,10,11). The second-order valence-electron chi connectivity index (χ2n) is 2.43. The van der Waals surface area contributed by atoms with Crippen LogP contribution in [0.1, 0.15) is 20.3 Å². The smallest absolute Gasteiger partial charge is 0.334 e. The molecule has 0 amide bonds. The lowest BCUT2D eigenvalue weighted by Gasteiger charge is -2.04. The van der Waals surface area contributed by atoms with E-state index in [0.29, 0.717) is 0 Å². The third-order valence-corrected chi connectivity index (χ3v) is 1.24. The van der Waals surface area contributed by atoms with Crippen molar-refractivity contribution >= 4 is 5.97 Å². The Morgan fingerprint density at radius 3 is 2.18 bits per heavy atom. The predicted octanol–water partition coefficient (Wildman–Crippen LogP) is 0.674. The summed E-state index contributed by atoms with van der Waals surface area (Å²) in [6, 6.07) is 0. The Labute approximate surface area is 64.8 Å². The predicted molar refractivity (Wildman–Crippen MR) is 39.3 cm³/mol. The minimum Gasteiger partial charge on any atom is -0.512 e. The van der Waals surface area contributed by atoms with E-state index < -0.39 is 12.1 Å². The highest BCUT2D eigenvalue weighted by molar-refractivity contribution is 5.86. The van der Waals surface area contributed by atoms with Gasteiger partial charge >= 0.3 is 5.97 Å². The molecule has 3 N–H and O–H groups in total. The SMILES string of the molecule is CC(C(=O)O)=C(O)CC(C)O. The van der Waals surface area contributed by atoms with Crippen molar-refractivity contribution in [3.05, 3.63) is 11.3 Å². The molecule has 0 aliphatic heterocycles. The second-order valence-corrected chi connectivity index (χ2v) is 2.43. The van der Waals surface area contributed by atoms with Gasteiger partial charge in [-0.1, -0.05) is 0 Å².